The molecule has 116 valence electrons. The van der Waals surface area contributed by atoms with Crippen LogP contribution < -0.4 is 10.1 Å². The standard InChI is InChI=1S/C17H26N2O2/c1-17(2)9-13-5-4-6-14(16(13)21-17)10-18-11-15-12-19(3)7-8-20-15/h4-6,15,18H,7-12H2,1-3H3. The largest absolute Gasteiger partial charge is 0.487 e. The van der Waals surface area contributed by atoms with E-state index < -0.39 is 0 Å². The van der Waals surface area contributed by atoms with Crippen molar-refractivity contribution >= 4 is 0 Å². The Morgan fingerprint density at radius 2 is 2.24 bits per heavy atom. The number of ether oxygens (including phenoxy) is 2. The molecule has 0 amide bonds. The molecule has 2 aliphatic heterocycles. The molecular formula is C17H26N2O2. The third kappa shape index (κ3) is 3.57. The Labute approximate surface area is 127 Å². The molecule has 0 spiro atoms. The van der Waals surface area contributed by atoms with Crippen LogP contribution >= 0.6 is 0 Å². The van der Waals surface area contributed by atoms with Crippen LogP contribution in [0.1, 0.15) is 25.0 Å². The van der Waals surface area contributed by atoms with Crippen LogP contribution in [0.2, 0.25) is 0 Å². The van der Waals surface area contributed by atoms with Crippen molar-refractivity contribution in [2.75, 3.05) is 33.3 Å². The monoisotopic (exact) mass is 290 g/mol. The fourth-order valence-electron chi connectivity index (χ4n) is 3.18. The average Bonchev–Trinajstić information content (AvgIpc) is 2.74. The van der Waals surface area contributed by atoms with Crippen LogP contribution in [-0.2, 0) is 17.7 Å². The summed E-state index contributed by atoms with van der Waals surface area (Å²) in [6.45, 7) is 8.89. The van der Waals surface area contributed by atoms with E-state index in [0.29, 0.717) is 0 Å². The fraction of sp³-hybridized carbons (Fsp3) is 0.647. The maximum Gasteiger partial charge on any atom is 0.127 e. The van der Waals surface area contributed by atoms with E-state index in [2.05, 4.69) is 49.3 Å². The Balaban J connectivity index is 1.56. The van der Waals surface area contributed by atoms with E-state index in [4.69, 9.17) is 9.47 Å². The lowest BCUT2D eigenvalue weighted by molar-refractivity contribution is -0.0182. The molecule has 0 saturated carbocycles. The molecule has 1 atom stereocenters. The van der Waals surface area contributed by atoms with Crippen LogP contribution in [0.3, 0.4) is 0 Å². The number of nitrogens with zero attached hydrogens (tertiary/aromatic N) is 1. The molecule has 0 radical (unpaired) electrons. The zero-order valence-electron chi connectivity index (χ0n) is 13.3. The Kier molecular flexibility index (Phi) is 4.20. The van der Waals surface area contributed by atoms with Crippen molar-refractivity contribution in [1.29, 1.82) is 0 Å². The smallest absolute Gasteiger partial charge is 0.127 e. The van der Waals surface area contributed by atoms with E-state index in [1.165, 1.54) is 11.1 Å². The van der Waals surface area contributed by atoms with Gasteiger partial charge in [-0.15, -0.1) is 0 Å². The second kappa shape index (κ2) is 5.95. The summed E-state index contributed by atoms with van der Waals surface area (Å²) in [5.74, 6) is 1.08. The highest BCUT2D eigenvalue weighted by molar-refractivity contribution is 5.45. The van der Waals surface area contributed by atoms with E-state index >= 15 is 0 Å². The van der Waals surface area contributed by atoms with Crippen LogP contribution in [0.25, 0.3) is 0 Å². The van der Waals surface area contributed by atoms with Crippen LogP contribution in [0.15, 0.2) is 18.2 Å². The molecule has 0 aliphatic carbocycles. The van der Waals surface area contributed by atoms with E-state index in [-0.39, 0.29) is 11.7 Å². The van der Waals surface area contributed by atoms with Crippen LogP contribution in [0.4, 0.5) is 0 Å². The Morgan fingerprint density at radius 1 is 1.38 bits per heavy atom. The highest BCUT2D eigenvalue weighted by Crippen LogP contribution is 2.37. The number of hydrogen-bond acceptors (Lipinski definition) is 4. The second-order valence-corrected chi connectivity index (χ2v) is 6.83. The number of nitrogens with one attached hydrogen (secondary N) is 1. The van der Waals surface area contributed by atoms with Crippen LogP contribution in [-0.4, -0.2) is 49.9 Å². The zero-order valence-corrected chi connectivity index (χ0v) is 13.3. The third-order valence-electron chi connectivity index (χ3n) is 4.20. The molecule has 2 heterocycles. The summed E-state index contributed by atoms with van der Waals surface area (Å²) >= 11 is 0. The van der Waals surface area contributed by atoms with Crippen molar-refractivity contribution in [3.63, 3.8) is 0 Å². The minimum atomic E-state index is -0.0758. The molecule has 4 heteroatoms. The van der Waals surface area contributed by atoms with Gasteiger partial charge in [-0.05, 0) is 26.5 Å². The first-order valence-electron chi connectivity index (χ1n) is 7.84. The minimum Gasteiger partial charge on any atom is -0.487 e. The van der Waals surface area contributed by atoms with Gasteiger partial charge in [0.2, 0.25) is 0 Å². The van der Waals surface area contributed by atoms with Gasteiger partial charge in [0.25, 0.3) is 0 Å². The molecule has 1 aromatic carbocycles. The van der Waals surface area contributed by atoms with Gasteiger partial charge in [0.1, 0.15) is 11.4 Å². The molecule has 2 aliphatic rings. The van der Waals surface area contributed by atoms with Crippen molar-refractivity contribution in [2.24, 2.45) is 0 Å². The van der Waals surface area contributed by atoms with Gasteiger partial charge in [0.05, 0.1) is 12.7 Å². The molecule has 1 aromatic rings. The number of fused-ring (bicyclic) bond motifs is 1. The summed E-state index contributed by atoms with van der Waals surface area (Å²) < 4.78 is 11.9. The number of hydrogen-bond donors (Lipinski definition) is 1. The molecule has 1 fully saturated rings. The summed E-state index contributed by atoms with van der Waals surface area (Å²) in [5, 5.41) is 3.52. The summed E-state index contributed by atoms with van der Waals surface area (Å²) in [6.07, 6.45) is 1.28. The summed E-state index contributed by atoms with van der Waals surface area (Å²) in [6, 6.07) is 6.46. The molecule has 1 N–H and O–H groups in total. The van der Waals surface area contributed by atoms with Crippen molar-refractivity contribution in [3.05, 3.63) is 29.3 Å². The molecule has 1 saturated heterocycles. The topological polar surface area (TPSA) is 33.7 Å². The molecule has 0 aromatic heterocycles. The van der Waals surface area contributed by atoms with E-state index in [1.54, 1.807) is 0 Å². The minimum absolute atomic E-state index is 0.0758. The summed E-state index contributed by atoms with van der Waals surface area (Å²) in [4.78, 5) is 2.32. The molecular weight excluding hydrogens is 264 g/mol. The van der Waals surface area contributed by atoms with Crippen molar-refractivity contribution < 1.29 is 9.47 Å². The van der Waals surface area contributed by atoms with Gasteiger partial charge < -0.3 is 19.7 Å². The van der Waals surface area contributed by atoms with Crippen LogP contribution in [0, 0.1) is 0 Å². The number of para-hydroxylation sites is 1. The van der Waals surface area contributed by atoms with Gasteiger partial charge in [-0.2, -0.15) is 0 Å². The highest BCUT2D eigenvalue weighted by atomic mass is 16.5. The van der Waals surface area contributed by atoms with Gasteiger partial charge in [0.15, 0.2) is 0 Å². The van der Waals surface area contributed by atoms with E-state index in [9.17, 15) is 0 Å². The maximum atomic E-state index is 6.11. The zero-order chi connectivity index (χ0) is 14.9. The van der Waals surface area contributed by atoms with Gasteiger partial charge in [-0.3, -0.25) is 0 Å². The molecule has 3 rings (SSSR count). The molecule has 0 bridgehead atoms. The lowest BCUT2D eigenvalue weighted by Crippen LogP contribution is -2.44. The van der Waals surface area contributed by atoms with Gasteiger partial charge >= 0.3 is 0 Å². The Morgan fingerprint density at radius 3 is 3.05 bits per heavy atom. The SMILES string of the molecule is CN1CCOC(CNCc2cccc3c2OC(C)(C)C3)C1. The average molecular weight is 290 g/mol. The lowest BCUT2D eigenvalue weighted by Gasteiger charge is -2.30. The van der Waals surface area contributed by atoms with Gasteiger partial charge in [-0.1, -0.05) is 18.2 Å². The first-order chi connectivity index (χ1) is 10.0. The molecule has 4 nitrogen and oxygen atoms in total. The quantitative estimate of drug-likeness (QED) is 0.917. The Hall–Kier alpha value is -1.10. The van der Waals surface area contributed by atoms with Gasteiger partial charge in [0, 0.05) is 38.2 Å². The third-order valence-corrected chi connectivity index (χ3v) is 4.20. The Bertz CT molecular complexity index is 502. The van der Waals surface area contributed by atoms with Crippen molar-refractivity contribution in [1.82, 2.24) is 10.2 Å². The number of rotatable bonds is 4. The number of benzene rings is 1. The predicted octanol–water partition coefficient (Wildman–Crippen LogP) is 1.82. The van der Waals surface area contributed by atoms with Crippen LogP contribution in [0.5, 0.6) is 5.75 Å². The number of likely N-dealkylation sites (N-methyl/N-ethyl adjacent to an activating group) is 1. The second-order valence-electron chi connectivity index (χ2n) is 6.83. The molecule has 1 unspecified atom stereocenters. The predicted molar refractivity (Wildman–Crippen MR) is 83.8 cm³/mol. The lowest BCUT2D eigenvalue weighted by atomic mass is 10.0. The van der Waals surface area contributed by atoms with Gasteiger partial charge in [-0.25, -0.2) is 0 Å². The maximum absolute atomic E-state index is 6.11. The summed E-state index contributed by atoms with van der Waals surface area (Å²) in [5.41, 5.74) is 2.50. The van der Waals surface area contributed by atoms with E-state index in [0.717, 1.165) is 45.0 Å². The first-order valence-corrected chi connectivity index (χ1v) is 7.84. The first kappa shape index (κ1) is 14.8. The van der Waals surface area contributed by atoms with E-state index in [1.807, 2.05) is 0 Å². The highest BCUT2D eigenvalue weighted by Gasteiger charge is 2.31. The van der Waals surface area contributed by atoms with Crippen molar-refractivity contribution in [3.8, 4) is 5.75 Å². The number of morpholine rings is 1. The van der Waals surface area contributed by atoms with Crippen molar-refractivity contribution in [2.45, 2.75) is 38.5 Å². The summed E-state index contributed by atoms with van der Waals surface area (Å²) in [7, 11) is 2.15. The normalized spacial score (nSPS) is 24.6. The fourth-order valence-corrected chi connectivity index (χ4v) is 3.18. The molecule has 21 heavy (non-hydrogen) atoms.